The van der Waals surface area contributed by atoms with E-state index >= 15 is 0 Å². The first kappa shape index (κ1) is 11.8. The Morgan fingerprint density at radius 2 is 2.05 bits per heavy atom. The number of aryl methyl sites for hydroxylation is 1. The lowest BCUT2D eigenvalue weighted by atomic mass is 10.1. The highest BCUT2D eigenvalue weighted by atomic mass is 16.1. The van der Waals surface area contributed by atoms with Crippen molar-refractivity contribution in [1.82, 2.24) is 14.8 Å². The van der Waals surface area contributed by atoms with Crippen molar-refractivity contribution in [3.63, 3.8) is 0 Å². The van der Waals surface area contributed by atoms with Crippen LogP contribution in [0, 0.1) is 0 Å². The number of fused-ring (bicyclic) bond motifs is 1. The van der Waals surface area contributed by atoms with Gasteiger partial charge in [0.15, 0.2) is 0 Å². The summed E-state index contributed by atoms with van der Waals surface area (Å²) in [6.07, 6.45) is 2.60. The van der Waals surface area contributed by atoms with Gasteiger partial charge in [0.25, 0.3) is 5.56 Å². The van der Waals surface area contributed by atoms with Crippen LogP contribution < -0.4 is 11.3 Å². The van der Waals surface area contributed by atoms with Crippen LogP contribution in [0.1, 0.15) is 5.56 Å². The normalized spacial score (nSPS) is 11.3. The highest BCUT2D eigenvalue weighted by Crippen LogP contribution is 2.29. The summed E-state index contributed by atoms with van der Waals surface area (Å²) in [5.41, 5.74) is 9.22. The number of nitrogens with two attached hydrogens (primary N) is 1. The smallest absolute Gasteiger partial charge is 0.267 e. The van der Waals surface area contributed by atoms with E-state index in [-0.39, 0.29) is 5.56 Å². The van der Waals surface area contributed by atoms with Crippen LogP contribution in [-0.4, -0.2) is 21.3 Å². The van der Waals surface area contributed by atoms with Crippen LogP contribution in [-0.2, 0) is 13.5 Å². The summed E-state index contributed by atoms with van der Waals surface area (Å²) in [6.45, 7) is 0.457. The van der Waals surface area contributed by atoms with Crippen molar-refractivity contribution < 1.29 is 0 Å². The summed E-state index contributed by atoms with van der Waals surface area (Å²) >= 11 is 0. The second kappa shape index (κ2) is 4.44. The lowest BCUT2D eigenvalue weighted by Crippen LogP contribution is -2.12. The van der Waals surface area contributed by atoms with Crippen LogP contribution in [0.15, 0.2) is 35.3 Å². The first-order valence-corrected chi connectivity index (χ1v) is 6.26. The minimum Gasteiger partial charge on any atom is -0.350 e. The van der Waals surface area contributed by atoms with Gasteiger partial charge in [0.05, 0.1) is 5.69 Å². The Hall–Kier alpha value is -2.27. The molecule has 0 saturated heterocycles. The van der Waals surface area contributed by atoms with E-state index in [1.807, 2.05) is 25.4 Å². The lowest BCUT2D eigenvalue weighted by molar-refractivity contribution is 0.957. The van der Waals surface area contributed by atoms with Gasteiger partial charge >= 0.3 is 0 Å². The van der Waals surface area contributed by atoms with Crippen molar-refractivity contribution in [2.75, 3.05) is 6.54 Å². The van der Waals surface area contributed by atoms with Gasteiger partial charge in [-0.1, -0.05) is 18.2 Å². The van der Waals surface area contributed by atoms with Gasteiger partial charge in [-0.25, -0.2) is 0 Å². The number of rotatable bonds is 3. The Morgan fingerprint density at radius 1 is 1.26 bits per heavy atom. The summed E-state index contributed by atoms with van der Waals surface area (Å²) in [5, 5.41) is 6.75. The zero-order chi connectivity index (χ0) is 13.4. The van der Waals surface area contributed by atoms with Crippen LogP contribution in [0.2, 0.25) is 0 Å². The number of benzene rings is 1. The highest BCUT2D eigenvalue weighted by molar-refractivity contribution is 5.95. The SMILES string of the molecule is Cn1cc(-c2[nH][nH]c(=O)c2CCN)c2ccccc21. The average molecular weight is 256 g/mol. The number of nitrogens with one attached hydrogen (secondary N) is 2. The fraction of sp³-hybridized carbons (Fsp3) is 0.214. The van der Waals surface area contributed by atoms with Crippen molar-refractivity contribution in [3.05, 3.63) is 46.4 Å². The Morgan fingerprint density at radius 3 is 2.84 bits per heavy atom. The van der Waals surface area contributed by atoms with E-state index in [4.69, 9.17) is 5.73 Å². The van der Waals surface area contributed by atoms with Crippen molar-refractivity contribution in [3.8, 4) is 11.3 Å². The van der Waals surface area contributed by atoms with Gasteiger partial charge < -0.3 is 10.3 Å². The van der Waals surface area contributed by atoms with Gasteiger partial charge in [0, 0.05) is 35.3 Å². The number of hydrogen-bond acceptors (Lipinski definition) is 2. The molecule has 4 N–H and O–H groups in total. The molecule has 0 unspecified atom stereocenters. The van der Waals surface area contributed by atoms with E-state index in [0.717, 1.165) is 27.7 Å². The monoisotopic (exact) mass is 256 g/mol. The first-order chi connectivity index (χ1) is 9.22. The fourth-order valence-electron chi connectivity index (χ4n) is 2.54. The first-order valence-electron chi connectivity index (χ1n) is 6.26. The molecule has 0 atom stereocenters. The van der Waals surface area contributed by atoms with Crippen LogP contribution >= 0.6 is 0 Å². The molecule has 2 aromatic heterocycles. The predicted molar refractivity (Wildman–Crippen MR) is 76.1 cm³/mol. The molecule has 0 amide bonds. The molecule has 2 heterocycles. The van der Waals surface area contributed by atoms with Crippen molar-refractivity contribution in [2.24, 2.45) is 12.8 Å². The Kier molecular flexibility index (Phi) is 2.76. The topological polar surface area (TPSA) is 79.6 Å². The molecule has 1 aromatic carbocycles. The van der Waals surface area contributed by atoms with Crippen LogP contribution in [0.25, 0.3) is 22.2 Å². The quantitative estimate of drug-likeness (QED) is 0.661. The molecule has 0 aliphatic heterocycles. The molecule has 0 fully saturated rings. The van der Waals surface area contributed by atoms with Gasteiger partial charge in [-0.2, -0.15) is 0 Å². The summed E-state index contributed by atoms with van der Waals surface area (Å²) in [6, 6.07) is 8.13. The Balaban J connectivity index is 2.28. The molecule has 3 rings (SSSR count). The molecule has 98 valence electrons. The van der Waals surface area contributed by atoms with E-state index in [0.29, 0.717) is 13.0 Å². The van der Waals surface area contributed by atoms with Crippen LogP contribution in [0.5, 0.6) is 0 Å². The predicted octanol–water partition coefficient (Wildman–Crippen LogP) is 1.36. The summed E-state index contributed by atoms with van der Waals surface area (Å²) in [4.78, 5) is 11.8. The van der Waals surface area contributed by atoms with Crippen LogP contribution in [0.3, 0.4) is 0 Å². The molecule has 0 spiro atoms. The second-order valence-corrected chi connectivity index (χ2v) is 4.64. The zero-order valence-electron chi connectivity index (χ0n) is 10.7. The molecular weight excluding hydrogens is 240 g/mol. The van der Waals surface area contributed by atoms with Crippen molar-refractivity contribution in [2.45, 2.75) is 6.42 Å². The Labute approximate surface area is 110 Å². The lowest BCUT2D eigenvalue weighted by Gasteiger charge is -1.99. The maximum atomic E-state index is 11.8. The number of aromatic nitrogens is 3. The standard InChI is InChI=1S/C14H16N4O/c1-18-8-11(9-4-2-3-5-12(9)18)13-10(6-7-15)14(19)17-16-13/h2-5,8H,6-7,15H2,1H3,(H2,16,17,19). The number of nitrogens with zero attached hydrogens (tertiary/aromatic N) is 1. The molecule has 5 nitrogen and oxygen atoms in total. The molecule has 0 radical (unpaired) electrons. The average Bonchev–Trinajstić information content (AvgIpc) is 2.93. The largest absolute Gasteiger partial charge is 0.350 e. The fourth-order valence-corrected chi connectivity index (χ4v) is 2.54. The van der Waals surface area contributed by atoms with Gasteiger partial charge in [0.2, 0.25) is 0 Å². The number of para-hydroxylation sites is 1. The maximum absolute atomic E-state index is 11.8. The maximum Gasteiger partial charge on any atom is 0.267 e. The van der Waals surface area contributed by atoms with E-state index in [2.05, 4.69) is 26.9 Å². The third-order valence-electron chi connectivity index (χ3n) is 3.44. The van der Waals surface area contributed by atoms with E-state index in [9.17, 15) is 4.79 Å². The second-order valence-electron chi connectivity index (χ2n) is 4.64. The third-order valence-corrected chi connectivity index (χ3v) is 3.44. The van der Waals surface area contributed by atoms with E-state index in [1.54, 1.807) is 0 Å². The summed E-state index contributed by atoms with van der Waals surface area (Å²) < 4.78 is 2.06. The summed E-state index contributed by atoms with van der Waals surface area (Å²) in [7, 11) is 2.00. The van der Waals surface area contributed by atoms with E-state index < -0.39 is 0 Å². The molecule has 0 saturated carbocycles. The van der Waals surface area contributed by atoms with Crippen molar-refractivity contribution in [1.29, 1.82) is 0 Å². The third kappa shape index (κ3) is 1.79. The van der Waals surface area contributed by atoms with Crippen molar-refractivity contribution >= 4 is 10.9 Å². The van der Waals surface area contributed by atoms with Gasteiger partial charge in [0.1, 0.15) is 0 Å². The van der Waals surface area contributed by atoms with Gasteiger partial charge in [-0.05, 0) is 19.0 Å². The highest BCUT2D eigenvalue weighted by Gasteiger charge is 2.15. The number of hydrogen-bond donors (Lipinski definition) is 3. The van der Waals surface area contributed by atoms with Gasteiger partial charge in [-0.3, -0.25) is 15.0 Å². The summed E-state index contributed by atoms with van der Waals surface area (Å²) in [5.74, 6) is 0. The molecule has 3 aromatic rings. The minimum atomic E-state index is -0.0895. The van der Waals surface area contributed by atoms with E-state index in [1.165, 1.54) is 0 Å². The Bertz CT molecular complexity index is 778. The molecule has 0 bridgehead atoms. The molecule has 5 heteroatoms. The van der Waals surface area contributed by atoms with Gasteiger partial charge in [-0.15, -0.1) is 0 Å². The minimum absolute atomic E-state index is 0.0895. The molecule has 0 aliphatic rings. The molecule has 0 aliphatic carbocycles. The van der Waals surface area contributed by atoms with Crippen LogP contribution in [0.4, 0.5) is 0 Å². The zero-order valence-corrected chi connectivity index (χ0v) is 10.7. The number of H-pyrrole nitrogens is 2. The molecular formula is C14H16N4O. The molecule has 19 heavy (non-hydrogen) atoms. The number of aromatic amines is 2.